The quantitative estimate of drug-likeness (QED) is 0.0274. The van der Waals surface area contributed by atoms with E-state index < -0.39 is 0 Å². The number of amides is 4. The van der Waals surface area contributed by atoms with E-state index in [9.17, 15) is 29.4 Å². The summed E-state index contributed by atoms with van der Waals surface area (Å²) in [6, 6.07) is 59.1. The fourth-order valence-electron chi connectivity index (χ4n) is 8.30. The number of phenolic OH excluding ortho intramolecular Hbond substituents is 2. The minimum absolute atomic E-state index is 0.0109. The summed E-state index contributed by atoms with van der Waals surface area (Å²) < 4.78 is 26.7. The van der Waals surface area contributed by atoms with Crippen molar-refractivity contribution >= 4 is 53.6 Å². The number of para-hydroxylation sites is 1. The first kappa shape index (κ1) is 67.2. The van der Waals surface area contributed by atoms with Crippen LogP contribution in [0.1, 0.15) is 64.6 Å². The molecule has 1 aliphatic heterocycles. The Hall–Kier alpha value is -11.0. The van der Waals surface area contributed by atoms with Crippen LogP contribution in [0.15, 0.2) is 209 Å². The Balaban J connectivity index is 0.000000190. The number of carbonyl (C=O) groups is 4. The number of hydrogen-bond acceptors (Lipinski definition) is 15. The molecule has 1 saturated heterocycles. The number of hydrogen-bond donors (Lipinski definition) is 6. The second-order valence-corrected chi connectivity index (χ2v) is 20.1. The molecular formula is C70H76N8O11. The van der Waals surface area contributed by atoms with E-state index >= 15 is 0 Å². The lowest BCUT2D eigenvalue weighted by Gasteiger charge is -2.28. The zero-order valence-electron chi connectivity index (χ0n) is 50.6. The highest BCUT2D eigenvalue weighted by Crippen LogP contribution is 2.29. The zero-order valence-corrected chi connectivity index (χ0v) is 50.6. The van der Waals surface area contributed by atoms with Crippen LogP contribution in [-0.2, 0) is 25.6 Å². The van der Waals surface area contributed by atoms with E-state index in [0.717, 1.165) is 41.0 Å². The van der Waals surface area contributed by atoms with Gasteiger partial charge in [0.25, 0.3) is 17.7 Å². The highest BCUT2D eigenvalue weighted by atomic mass is 16.5. The van der Waals surface area contributed by atoms with Crippen LogP contribution in [0.4, 0.5) is 11.4 Å². The van der Waals surface area contributed by atoms with Crippen molar-refractivity contribution in [3.8, 4) is 40.2 Å². The maximum Gasteiger partial charge on any atom is 0.277 e. The minimum atomic E-state index is -0.355. The van der Waals surface area contributed by atoms with Gasteiger partial charge in [-0.05, 0) is 166 Å². The van der Waals surface area contributed by atoms with Gasteiger partial charge in [0.05, 0.1) is 32.9 Å². The number of benzene rings is 8. The van der Waals surface area contributed by atoms with Crippen molar-refractivity contribution < 1.29 is 53.1 Å². The molecule has 0 saturated carbocycles. The molecule has 0 bridgehead atoms. The molecule has 19 nitrogen and oxygen atoms in total. The van der Waals surface area contributed by atoms with Crippen molar-refractivity contribution in [1.82, 2.24) is 16.3 Å². The molecule has 0 atom stereocenters. The Morgan fingerprint density at radius 3 is 1.54 bits per heavy atom. The van der Waals surface area contributed by atoms with Crippen molar-refractivity contribution in [3.63, 3.8) is 0 Å². The molecule has 8 aromatic carbocycles. The van der Waals surface area contributed by atoms with Gasteiger partial charge in [0, 0.05) is 36.4 Å². The summed E-state index contributed by atoms with van der Waals surface area (Å²) in [4.78, 5) is 49.3. The van der Waals surface area contributed by atoms with E-state index in [4.69, 9.17) is 23.7 Å². The van der Waals surface area contributed by atoms with E-state index in [1.165, 1.54) is 49.2 Å². The molecule has 1 aliphatic rings. The molecule has 1 fully saturated rings. The van der Waals surface area contributed by atoms with Gasteiger partial charge in [-0.25, -0.2) is 16.3 Å². The van der Waals surface area contributed by atoms with Gasteiger partial charge < -0.3 is 44.1 Å². The summed E-state index contributed by atoms with van der Waals surface area (Å²) in [5.41, 5.74) is 15.9. The Labute approximate surface area is 519 Å². The smallest absolute Gasteiger partial charge is 0.277 e. The number of nitrogens with one attached hydrogen (secondary N) is 4. The number of ether oxygens (including phenoxy) is 5. The molecule has 0 unspecified atom stereocenters. The summed E-state index contributed by atoms with van der Waals surface area (Å²) in [6.45, 7) is 7.98. The predicted octanol–water partition coefficient (Wildman–Crippen LogP) is 11.2. The minimum Gasteiger partial charge on any atom is -0.508 e. The number of hydrazone groups is 3. The summed E-state index contributed by atoms with van der Waals surface area (Å²) >= 11 is 0. The molecule has 89 heavy (non-hydrogen) atoms. The number of aryl methyl sites for hydroxylation is 4. The molecule has 462 valence electrons. The molecule has 4 amide bonds. The molecular weight excluding hydrogens is 1130 g/mol. The van der Waals surface area contributed by atoms with Crippen LogP contribution in [0, 0.1) is 20.8 Å². The third-order valence-electron chi connectivity index (χ3n) is 12.9. The van der Waals surface area contributed by atoms with Gasteiger partial charge in [-0.1, -0.05) is 108 Å². The number of rotatable bonds is 22. The maximum atomic E-state index is 12.0. The van der Waals surface area contributed by atoms with Crippen LogP contribution in [0.3, 0.4) is 0 Å². The fourth-order valence-corrected chi connectivity index (χ4v) is 8.30. The van der Waals surface area contributed by atoms with Gasteiger partial charge >= 0.3 is 0 Å². The van der Waals surface area contributed by atoms with E-state index in [1.807, 2.05) is 124 Å². The van der Waals surface area contributed by atoms with Crippen molar-refractivity contribution in [3.05, 3.63) is 233 Å². The standard InChI is InChI=1S/C20H24N2O2.C18H20N2O4.C16H16N2O3.C16H16N2O2/c1-16-5-11-19(12-6-16)24-15-20(23)21-17-7-9-18(10-8-17)22-13-3-2-4-14-22;1-13-6-4-8-15(10-13)24-12-17(21)20-19-11-14-7-5-9-16(22-2)18(14)23-3;1-12-5-7-15(8-6-12)21-11-16(20)18-17-10-13-3-2-4-14(19)9-13;19-15-8-4-7-14(11-15)12-17-18-16(20)10-9-13-5-2-1-3-6-13/h5-12H,2-4,13-15H2,1H3,(H,21,23);4-11H,12H2,1-3H3,(H,20,21);2-10,19H,11H2,1H3,(H,18,20);1-8,11-12,19H,9-10H2,(H,18,20)/b;19-11+;17-10+;17-12+. The highest BCUT2D eigenvalue weighted by molar-refractivity contribution is 5.92. The van der Waals surface area contributed by atoms with E-state index in [1.54, 1.807) is 93.1 Å². The lowest BCUT2D eigenvalue weighted by atomic mass is 10.1. The molecule has 6 N–H and O–H groups in total. The average Bonchev–Trinajstić information content (AvgIpc) is 3.75. The number of nitrogens with zero attached hydrogens (tertiary/aromatic N) is 4. The molecule has 1 heterocycles. The summed E-state index contributed by atoms with van der Waals surface area (Å²) in [5, 5.41) is 33.0. The predicted molar refractivity (Wildman–Crippen MR) is 349 cm³/mol. The van der Waals surface area contributed by atoms with Gasteiger partial charge in [-0.15, -0.1) is 0 Å². The summed E-state index contributed by atoms with van der Waals surface area (Å²) in [6.07, 6.45) is 9.36. The van der Waals surface area contributed by atoms with Crippen LogP contribution >= 0.6 is 0 Å². The van der Waals surface area contributed by atoms with Crippen molar-refractivity contribution in [2.75, 3.05) is 57.3 Å². The number of aromatic hydroxyl groups is 2. The van der Waals surface area contributed by atoms with Crippen LogP contribution in [0.2, 0.25) is 0 Å². The topological polar surface area (TPSA) is 243 Å². The Kier molecular flexibility index (Phi) is 28.3. The molecule has 9 rings (SSSR count). The second-order valence-electron chi connectivity index (χ2n) is 20.1. The van der Waals surface area contributed by atoms with Crippen molar-refractivity contribution in [2.24, 2.45) is 15.3 Å². The largest absolute Gasteiger partial charge is 0.508 e. The van der Waals surface area contributed by atoms with Crippen LogP contribution in [0.25, 0.3) is 0 Å². The third-order valence-corrected chi connectivity index (χ3v) is 12.9. The fraction of sp³-hybridized carbons (Fsp3) is 0.214. The molecule has 0 radical (unpaired) electrons. The van der Waals surface area contributed by atoms with E-state index in [0.29, 0.717) is 52.7 Å². The Morgan fingerprint density at radius 1 is 0.483 bits per heavy atom. The van der Waals surface area contributed by atoms with E-state index in [2.05, 4.69) is 53.9 Å². The van der Waals surface area contributed by atoms with Crippen LogP contribution in [-0.4, -0.2) is 99.6 Å². The van der Waals surface area contributed by atoms with Crippen LogP contribution < -0.4 is 50.2 Å². The van der Waals surface area contributed by atoms with Gasteiger partial charge in [-0.2, -0.15) is 15.3 Å². The molecule has 8 aromatic rings. The lowest BCUT2D eigenvalue weighted by molar-refractivity contribution is -0.123. The monoisotopic (exact) mass is 1200 g/mol. The van der Waals surface area contributed by atoms with Crippen molar-refractivity contribution in [1.29, 1.82) is 0 Å². The number of phenols is 2. The zero-order chi connectivity index (χ0) is 63.4. The molecule has 0 aliphatic carbocycles. The number of carbonyl (C=O) groups excluding carboxylic acids is 4. The maximum absolute atomic E-state index is 12.0. The average molecular weight is 1210 g/mol. The first-order valence-corrected chi connectivity index (χ1v) is 28.7. The SMILES string of the molecule is COc1cccc(/C=N/NC(=O)COc2cccc(C)c2)c1OC.Cc1ccc(OCC(=O)N/N=C/c2cccc(O)c2)cc1.Cc1ccc(OCC(=O)Nc2ccc(N3CCCCC3)cc2)cc1.O=C(CCc1ccccc1)N/N=C/c1cccc(O)c1. The Morgan fingerprint density at radius 2 is 1.00 bits per heavy atom. The molecule has 0 aromatic heterocycles. The molecule has 19 heteroatoms. The highest BCUT2D eigenvalue weighted by Gasteiger charge is 2.12. The summed E-state index contributed by atoms with van der Waals surface area (Å²) in [7, 11) is 3.10. The number of piperidine rings is 1. The first-order chi connectivity index (χ1) is 43.2. The Bertz CT molecular complexity index is 3560. The van der Waals surface area contributed by atoms with E-state index in [-0.39, 0.29) is 54.9 Å². The van der Waals surface area contributed by atoms with Gasteiger partial charge in [0.2, 0.25) is 5.91 Å². The van der Waals surface area contributed by atoms with Gasteiger partial charge in [-0.3, -0.25) is 19.2 Å². The number of anilines is 2. The van der Waals surface area contributed by atoms with Crippen molar-refractivity contribution in [2.45, 2.75) is 52.9 Å². The molecule has 0 spiro atoms. The number of methoxy groups -OCH3 is 2. The van der Waals surface area contributed by atoms with Gasteiger partial charge in [0.1, 0.15) is 28.7 Å². The first-order valence-electron chi connectivity index (χ1n) is 28.7. The normalized spacial score (nSPS) is 11.5. The lowest BCUT2D eigenvalue weighted by Crippen LogP contribution is -2.29. The second kappa shape index (κ2) is 37.5. The third kappa shape index (κ3) is 26.1. The van der Waals surface area contributed by atoms with Crippen LogP contribution in [0.5, 0.6) is 40.2 Å². The van der Waals surface area contributed by atoms with Gasteiger partial charge in [0.15, 0.2) is 31.3 Å². The summed E-state index contributed by atoms with van der Waals surface area (Å²) in [5.74, 6) is 2.45.